The number of ether oxygens (including phenoxy) is 2. The summed E-state index contributed by atoms with van der Waals surface area (Å²) in [4.78, 5) is 28.3. The van der Waals surface area contributed by atoms with Gasteiger partial charge in [0.1, 0.15) is 13.2 Å². The van der Waals surface area contributed by atoms with E-state index in [2.05, 4.69) is 5.32 Å². The molecule has 1 heterocycles. The third-order valence-corrected chi connectivity index (χ3v) is 6.86. The molecule has 1 aliphatic heterocycles. The van der Waals surface area contributed by atoms with Crippen molar-refractivity contribution >= 4 is 29.3 Å². The van der Waals surface area contributed by atoms with E-state index in [1.54, 1.807) is 24.3 Å². The molecule has 0 bridgehead atoms. The normalized spacial score (nSPS) is 15.9. The van der Waals surface area contributed by atoms with Gasteiger partial charge < -0.3 is 19.7 Å². The fourth-order valence-electron chi connectivity index (χ4n) is 4.01. The van der Waals surface area contributed by atoms with E-state index in [0.29, 0.717) is 47.8 Å². The quantitative estimate of drug-likeness (QED) is 0.666. The first kappa shape index (κ1) is 21.6. The van der Waals surface area contributed by atoms with E-state index in [4.69, 9.17) is 9.47 Å². The number of anilines is 1. The number of carbonyl (C=O) groups is 2. The van der Waals surface area contributed by atoms with Crippen molar-refractivity contribution < 1.29 is 19.1 Å². The van der Waals surface area contributed by atoms with Crippen molar-refractivity contribution in [2.75, 3.05) is 31.3 Å². The number of rotatable bonds is 6. The molecular formula is C24H28N2O4S. The lowest BCUT2D eigenvalue weighted by Gasteiger charge is -2.31. The van der Waals surface area contributed by atoms with Crippen molar-refractivity contribution in [2.45, 2.75) is 43.0 Å². The summed E-state index contributed by atoms with van der Waals surface area (Å²) in [5, 5.41) is 2.93. The van der Waals surface area contributed by atoms with Crippen LogP contribution < -0.4 is 14.8 Å². The first-order valence-electron chi connectivity index (χ1n) is 10.8. The maximum atomic E-state index is 12.9. The molecular weight excluding hydrogens is 412 g/mol. The van der Waals surface area contributed by atoms with Crippen LogP contribution in [0, 0.1) is 0 Å². The van der Waals surface area contributed by atoms with Gasteiger partial charge in [-0.15, -0.1) is 11.8 Å². The van der Waals surface area contributed by atoms with Crippen LogP contribution in [0.15, 0.2) is 47.4 Å². The SMILES string of the molecule is CN(C(=O)CSc1ccccc1C(=O)Nc1ccc2c(c1)OCCO2)C1CCCCC1. The Hall–Kier alpha value is -2.67. The molecule has 2 aromatic carbocycles. The number of benzene rings is 2. The second kappa shape index (κ2) is 10.1. The summed E-state index contributed by atoms with van der Waals surface area (Å²) in [6.07, 6.45) is 5.82. The zero-order chi connectivity index (χ0) is 21.6. The number of hydrogen-bond acceptors (Lipinski definition) is 5. The molecule has 0 spiro atoms. The van der Waals surface area contributed by atoms with Crippen molar-refractivity contribution in [3.63, 3.8) is 0 Å². The molecule has 0 atom stereocenters. The number of thioether (sulfide) groups is 1. The smallest absolute Gasteiger partial charge is 0.256 e. The molecule has 6 nitrogen and oxygen atoms in total. The first-order chi connectivity index (χ1) is 15.1. The third kappa shape index (κ3) is 5.34. The van der Waals surface area contributed by atoms with Gasteiger partial charge in [-0.1, -0.05) is 31.4 Å². The van der Waals surface area contributed by atoms with Crippen LogP contribution in [0.1, 0.15) is 42.5 Å². The maximum Gasteiger partial charge on any atom is 0.256 e. The summed E-state index contributed by atoms with van der Waals surface area (Å²) in [7, 11) is 1.90. The molecule has 2 aliphatic rings. The van der Waals surface area contributed by atoms with Crippen LogP contribution in [-0.2, 0) is 4.79 Å². The highest BCUT2D eigenvalue weighted by atomic mass is 32.2. The second-order valence-electron chi connectivity index (χ2n) is 7.89. The van der Waals surface area contributed by atoms with Crippen molar-refractivity contribution in [3.8, 4) is 11.5 Å². The largest absolute Gasteiger partial charge is 0.486 e. The molecule has 4 rings (SSSR count). The number of nitrogens with zero attached hydrogens (tertiary/aromatic N) is 1. The summed E-state index contributed by atoms with van der Waals surface area (Å²) >= 11 is 1.41. The van der Waals surface area contributed by atoms with Gasteiger partial charge >= 0.3 is 0 Å². The summed E-state index contributed by atoms with van der Waals surface area (Å²) in [5.41, 5.74) is 1.19. The molecule has 0 aromatic heterocycles. The van der Waals surface area contributed by atoms with Crippen LogP contribution in [-0.4, -0.2) is 48.8 Å². The monoisotopic (exact) mass is 440 g/mol. The van der Waals surface area contributed by atoms with Gasteiger partial charge in [0.15, 0.2) is 11.5 Å². The van der Waals surface area contributed by atoms with Crippen LogP contribution >= 0.6 is 11.8 Å². The molecule has 2 aromatic rings. The predicted octanol–water partition coefficient (Wildman–Crippen LogP) is 4.59. The van der Waals surface area contributed by atoms with Crippen LogP contribution in [0.4, 0.5) is 5.69 Å². The Balaban J connectivity index is 1.39. The summed E-state index contributed by atoms with van der Waals surface area (Å²) in [6, 6.07) is 13.1. The second-order valence-corrected chi connectivity index (χ2v) is 8.91. The highest BCUT2D eigenvalue weighted by molar-refractivity contribution is 8.00. The van der Waals surface area contributed by atoms with E-state index in [-0.39, 0.29) is 11.8 Å². The Labute approximate surface area is 187 Å². The van der Waals surface area contributed by atoms with E-state index in [9.17, 15) is 9.59 Å². The average Bonchev–Trinajstić information content (AvgIpc) is 2.82. The highest BCUT2D eigenvalue weighted by Crippen LogP contribution is 2.33. The van der Waals surface area contributed by atoms with Gasteiger partial charge in [-0.25, -0.2) is 0 Å². The molecule has 31 heavy (non-hydrogen) atoms. The van der Waals surface area contributed by atoms with Gasteiger partial charge in [-0.05, 0) is 37.1 Å². The van der Waals surface area contributed by atoms with Gasteiger partial charge in [0.05, 0.1) is 11.3 Å². The Morgan fingerprint density at radius 1 is 1.03 bits per heavy atom. The number of amides is 2. The molecule has 1 saturated carbocycles. The van der Waals surface area contributed by atoms with Crippen LogP contribution in [0.3, 0.4) is 0 Å². The molecule has 0 radical (unpaired) electrons. The van der Waals surface area contributed by atoms with Crippen LogP contribution in [0.5, 0.6) is 11.5 Å². The molecule has 0 unspecified atom stereocenters. The van der Waals surface area contributed by atoms with Gasteiger partial charge in [-0.3, -0.25) is 9.59 Å². The van der Waals surface area contributed by atoms with E-state index >= 15 is 0 Å². The lowest BCUT2D eigenvalue weighted by atomic mass is 9.94. The number of fused-ring (bicyclic) bond motifs is 1. The fourth-order valence-corrected chi connectivity index (χ4v) is 4.99. The van der Waals surface area contributed by atoms with E-state index < -0.39 is 0 Å². The zero-order valence-corrected chi connectivity index (χ0v) is 18.6. The number of nitrogens with one attached hydrogen (secondary N) is 1. The van der Waals surface area contributed by atoms with E-state index in [0.717, 1.165) is 17.7 Å². The molecule has 7 heteroatoms. The highest BCUT2D eigenvalue weighted by Gasteiger charge is 2.22. The van der Waals surface area contributed by atoms with Gasteiger partial charge in [0.25, 0.3) is 5.91 Å². The zero-order valence-electron chi connectivity index (χ0n) is 17.8. The van der Waals surface area contributed by atoms with E-state index in [1.807, 2.05) is 30.1 Å². The number of carbonyl (C=O) groups excluding carboxylic acids is 2. The van der Waals surface area contributed by atoms with Crippen molar-refractivity contribution in [1.29, 1.82) is 0 Å². The number of hydrogen-bond donors (Lipinski definition) is 1. The third-order valence-electron chi connectivity index (χ3n) is 5.80. The molecule has 2 amide bonds. The van der Waals surface area contributed by atoms with Gasteiger partial charge in [0, 0.05) is 29.7 Å². The van der Waals surface area contributed by atoms with Gasteiger partial charge in [-0.2, -0.15) is 0 Å². The molecule has 1 aliphatic carbocycles. The lowest BCUT2D eigenvalue weighted by Crippen LogP contribution is -2.39. The maximum absolute atomic E-state index is 12.9. The summed E-state index contributed by atoms with van der Waals surface area (Å²) in [6.45, 7) is 1.02. The molecule has 0 saturated heterocycles. The Bertz CT molecular complexity index is 943. The van der Waals surface area contributed by atoms with Gasteiger partial charge in [0.2, 0.25) is 5.91 Å². The van der Waals surface area contributed by atoms with Crippen LogP contribution in [0.25, 0.3) is 0 Å². The fraction of sp³-hybridized carbons (Fsp3) is 0.417. The molecule has 1 N–H and O–H groups in total. The molecule has 164 valence electrons. The average molecular weight is 441 g/mol. The van der Waals surface area contributed by atoms with E-state index in [1.165, 1.54) is 31.0 Å². The summed E-state index contributed by atoms with van der Waals surface area (Å²) in [5.74, 6) is 1.53. The lowest BCUT2D eigenvalue weighted by molar-refractivity contribution is -0.129. The minimum atomic E-state index is -0.215. The summed E-state index contributed by atoms with van der Waals surface area (Å²) < 4.78 is 11.1. The standard InChI is InChI=1S/C24H28N2O4S/c1-26(18-7-3-2-4-8-18)23(27)16-31-22-10-6-5-9-19(22)24(28)25-17-11-12-20-21(15-17)30-14-13-29-20/h5-6,9-12,15,18H,2-4,7-8,13-14,16H2,1H3,(H,25,28). The van der Waals surface area contributed by atoms with Crippen LogP contribution in [0.2, 0.25) is 0 Å². The Kier molecular flexibility index (Phi) is 7.02. The van der Waals surface area contributed by atoms with Crippen molar-refractivity contribution in [1.82, 2.24) is 4.90 Å². The van der Waals surface area contributed by atoms with Crippen molar-refractivity contribution in [3.05, 3.63) is 48.0 Å². The molecule has 1 fully saturated rings. The topological polar surface area (TPSA) is 67.9 Å². The Morgan fingerprint density at radius 3 is 2.58 bits per heavy atom. The van der Waals surface area contributed by atoms with Crippen molar-refractivity contribution in [2.24, 2.45) is 0 Å². The first-order valence-corrected chi connectivity index (χ1v) is 11.8. The Morgan fingerprint density at radius 2 is 1.77 bits per heavy atom. The minimum absolute atomic E-state index is 0.110. The minimum Gasteiger partial charge on any atom is -0.486 e. The predicted molar refractivity (Wildman–Crippen MR) is 122 cm³/mol.